The number of hydrogen-bond acceptors (Lipinski definition) is 4. The maximum atomic E-state index is 11.4. The molecule has 2 atom stereocenters. The molecule has 1 aliphatic rings. The number of ether oxygens (including phenoxy) is 1. The molecule has 0 amide bonds. The minimum atomic E-state index is -0.965. The first-order chi connectivity index (χ1) is 15.4. The summed E-state index contributed by atoms with van der Waals surface area (Å²) in [5, 5.41) is 23.9. The molecule has 0 fully saturated rings. The van der Waals surface area contributed by atoms with E-state index in [9.17, 15) is 15.0 Å². The van der Waals surface area contributed by atoms with Gasteiger partial charge in [0, 0.05) is 17.6 Å². The van der Waals surface area contributed by atoms with Gasteiger partial charge < -0.3 is 20.3 Å². The number of carbonyl (C=O) groups is 1. The molecule has 0 bridgehead atoms. The minimum Gasteiger partial charge on any atom is -0.478 e. The molecule has 0 unspecified atom stereocenters. The van der Waals surface area contributed by atoms with Crippen LogP contribution in [0.3, 0.4) is 0 Å². The predicted molar refractivity (Wildman–Crippen MR) is 125 cm³/mol. The first-order valence-electron chi connectivity index (χ1n) is 10.7. The first-order valence-corrected chi connectivity index (χ1v) is 11.1. The third kappa shape index (κ3) is 5.30. The van der Waals surface area contributed by atoms with Crippen molar-refractivity contribution in [2.24, 2.45) is 0 Å². The third-order valence-corrected chi connectivity index (χ3v) is 6.19. The summed E-state index contributed by atoms with van der Waals surface area (Å²) in [7, 11) is 0. The maximum Gasteiger partial charge on any atom is 0.336 e. The number of nitrogens with one attached hydrogen (secondary N) is 1. The molecule has 6 heteroatoms. The summed E-state index contributed by atoms with van der Waals surface area (Å²) in [4.78, 5) is 11.4. The minimum absolute atomic E-state index is 0.240. The van der Waals surface area contributed by atoms with Crippen LogP contribution in [0.15, 0.2) is 60.7 Å². The molecule has 166 valence electrons. The van der Waals surface area contributed by atoms with Crippen molar-refractivity contribution < 1.29 is 19.7 Å². The molecule has 3 N–H and O–H groups in total. The van der Waals surface area contributed by atoms with E-state index in [1.807, 2.05) is 24.3 Å². The average molecular weight is 452 g/mol. The summed E-state index contributed by atoms with van der Waals surface area (Å²) in [5.74, 6) is 0.225. The van der Waals surface area contributed by atoms with Gasteiger partial charge in [-0.3, -0.25) is 0 Å². The van der Waals surface area contributed by atoms with Gasteiger partial charge >= 0.3 is 5.97 Å². The smallest absolute Gasteiger partial charge is 0.336 e. The lowest BCUT2D eigenvalue weighted by molar-refractivity contribution is 0.0695. The van der Waals surface area contributed by atoms with Crippen molar-refractivity contribution in [1.29, 1.82) is 0 Å². The molecule has 4 rings (SSSR count). The molecule has 0 aromatic heterocycles. The van der Waals surface area contributed by atoms with Crippen LogP contribution in [0.1, 0.15) is 45.1 Å². The van der Waals surface area contributed by atoms with Crippen LogP contribution in [-0.4, -0.2) is 28.8 Å². The summed E-state index contributed by atoms with van der Waals surface area (Å²) >= 11 is 5.92. The fourth-order valence-corrected chi connectivity index (χ4v) is 4.21. The van der Waals surface area contributed by atoms with E-state index in [0.29, 0.717) is 28.6 Å². The molecule has 0 saturated heterocycles. The highest BCUT2D eigenvalue weighted by Crippen LogP contribution is 2.30. The summed E-state index contributed by atoms with van der Waals surface area (Å²) in [6.45, 7) is 2.24. The Bertz CT molecular complexity index is 1110. The van der Waals surface area contributed by atoms with Crippen molar-refractivity contribution in [2.45, 2.75) is 38.3 Å². The Hall–Kier alpha value is -2.86. The van der Waals surface area contributed by atoms with E-state index in [2.05, 4.69) is 11.4 Å². The number of rotatable bonds is 7. The molecule has 0 spiro atoms. The highest BCUT2D eigenvalue weighted by atomic mass is 35.5. The number of carboxylic acids is 1. The van der Waals surface area contributed by atoms with E-state index in [-0.39, 0.29) is 11.6 Å². The fraction of sp³-hybridized carbons (Fsp3) is 0.269. The van der Waals surface area contributed by atoms with Crippen LogP contribution in [0.4, 0.5) is 0 Å². The van der Waals surface area contributed by atoms with E-state index in [1.165, 1.54) is 11.1 Å². The van der Waals surface area contributed by atoms with Gasteiger partial charge in [-0.2, -0.15) is 0 Å². The lowest BCUT2D eigenvalue weighted by Crippen LogP contribution is -2.37. The Morgan fingerprint density at radius 2 is 1.81 bits per heavy atom. The van der Waals surface area contributed by atoms with E-state index in [4.69, 9.17) is 16.3 Å². The molecule has 0 saturated carbocycles. The first kappa shape index (κ1) is 22.3. The molecule has 5 nitrogen and oxygen atoms in total. The third-order valence-electron chi connectivity index (χ3n) is 5.94. The Morgan fingerprint density at radius 1 is 1.09 bits per heavy atom. The lowest BCUT2D eigenvalue weighted by atomic mass is 9.88. The molecule has 3 aromatic rings. The quantitative estimate of drug-likeness (QED) is 0.453. The number of aryl methyl sites for hydroxylation is 2. The second kappa shape index (κ2) is 9.74. The molecule has 0 radical (unpaired) electrons. The van der Waals surface area contributed by atoms with Gasteiger partial charge in [0.15, 0.2) is 0 Å². The Balaban J connectivity index is 1.40. The van der Waals surface area contributed by atoms with Crippen LogP contribution in [-0.2, 0) is 12.8 Å². The number of benzene rings is 3. The summed E-state index contributed by atoms with van der Waals surface area (Å²) in [6, 6.07) is 18.6. The Morgan fingerprint density at radius 3 is 2.56 bits per heavy atom. The number of halogens is 1. The molecule has 0 heterocycles. The van der Waals surface area contributed by atoms with Gasteiger partial charge in [0.25, 0.3) is 0 Å². The molecular weight excluding hydrogens is 426 g/mol. The highest BCUT2D eigenvalue weighted by Gasteiger charge is 2.20. The van der Waals surface area contributed by atoms with Gasteiger partial charge in [-0.25, -0.2) is 4.79 Å². The van der Waals surface area contributed by atoms with Crippen molar-refractivity contribution in [3.05, 3.63) is 93.5 Å². The zero-order valence-corrected chi connectivity index (χ0v) is 18.6. The van der Waals surface area contributed by atoms with E-state index >= 15 is 0 Å². The molecule has 32 heavy (non-hydrogen) atoms. The van der Waals surface area contributed by atoms with Crippen molar-refractivity contribution >= 4 is 17.6 Å². The standard InChI is InChI=1S/C26H26ClNO4/c1-16-2-10-23(14-24(16)26(30)31)32-22-11-6-17-5-9-21(12-19(17)13-22)28-15-25(29)18-3-7-20(27)8-4-18/h2-4,6-8,10-11,13-14,21,25,28-29H,5,9,12,15H2,1H3,(H,30,31)/t21-,25-/m0/s1. The van der Waals surface area contributed by atoms with Gasteiger partial charge in [0.1, 0.15) is 11.5 Å². The van der Waals surface area contributed by atoms with Crippen LogP contribution in [0.5, 0.6) is 11.5 Å². The zero-order valence-electron chi connectivity index (χ0n) is 17.8. The largest absolute Gasteiger partial charge is 0.478 e. The highest BCUT2D eigenvalue weighted by molar-refractivity contribution is 6.30. The van der Waals surface area contributed by atoms with Crippen molar-refractivity contribution in [3.8, 4) is 11.5 Å². The summed E-state index contributed by atoms with van der Waals surface area (Å²) < 4.78 is 5.96. The second-order valence-corrected chi connectivity index (χ2v) is 8.67. The molecule has 0 aliphatic heterocycles. The monoisotopic (exact) mass is 451 g/mol. The topological polar surface area (TPSA) is 78.8 Å². The van der Waals surface area contributed by atoms with Crippen molar-refractivity contribution in [2.75, 3.05) is 6.54 Å². The van der Waals surface area contributed by atoms with E-state index < -0.39 is 12.1 Å². The lowest BCUT2D eigenvalue weighted by Gasteiger charge is -2.27. The predicted octanol–water partition coefficient (Wildman–Crippen LogP) is 5.32. The van der Waals surface area contributed by atoms with E-state index in [1.54, 1.807) is 37.3 Å². The second-order valence-electron chi connectivity index (χ2n) is 8.23. The Labute approximate surface area is 192 Å². The van der Waals surface area contributed by atoms with E-state index in [0.717, 1.165) is 24.8 Å². The number of aromatic carboxylic acids is 1. The van der Waals surface area contributed by atoms with Crippen LogP contribution < -0.4 is 10.1 Å². The molecule has 1 aliphatic carbocycles. The van der Waals surface area contributed by atoms with Crippen LogP contribution in [0.2, 0.25) is 5.02 Å². The maximum absolute atomic E-state index is 11.4. The van der Waals surface area contributed by atoms with Gasteiger partial charge in [0.2, 0.25) is 0 Å². The van der Waals surface area contributed by atoms with Crippen LogP contribution in [0, 0.1) is 6.92 Å². The Kier molecular flexibility index (Phi) is 6.80. The average Bonchev–Trinajstić information content (AvgIpc) is 2.78. The van der Waals surface area contributed by atoms with Crippen molar-refractivity contribution in [1.82, 2.24) is 5.32 Å². The normalized spacial score (nSPS) is 16.3. The fourth-order valence-electron chi connectivity index (χ4n) is 4.08. The molecular formula is C26H26ClNO4. The van der Waals surface area contributed by atoms with Crippen LogP contribution >= 0.6 is 11.6 Å². The number of aliphatic hydroxyl groups excluding tert-OH is 1. The van der Waals surface area contributed by atoms with Gasteiger partial charge in [-0.05, 0) is 84.8 Å². The number of hydrogen-bond donors (Lipinski definition) is 3. The van der Waals surface area contributed by atoms with Gasteiger partial charge in [-0.15, -0.1) is 0 Å². The summed E-state index contributed by atoms with van der Waals surface area (Å²) in [6.07, 6.45) is 2.21. The number of fused-ring (bicyclic) bond motifs is 1. The number of aliphatic hydroxyl groups is 1. The van der Waals surface area contributed by atoms with Crippen LogP contribution in [0.25, 0.3) is 0 Å². The van der Waals surface area contributed by atoms with Gasteiger partial charge in [0.05, 0.1) is 11.7 Å². The zero-order chi connectivity index (χ0) is 22.7. The SMILES string of the molecule is Cc1ccc(Oc2ccc3c(c2)C[C@@H](NC[C@H](O)c2ccc(Cl)cc2)CC3)cc1C(=O)O. The van der Waals surface area contributed by atoms with Crippen molar-refractivity contribution in [3.63, 3.8) is 0 Å². The van der Waals surface area contributed by atoms with Gasteiger partial charge in [-0.1, -0.05) is 35.9 Å². The number of carboxylic acid groups (broad SMARTS) is 1. The molecule has 3 aromatic carbocycles. The summed E-state index contributed by atoms with van der Waals surface area (Å²) in [5.41, 5.74) is 4.28.